The van der Waals surface area contributed by atoms with Gasteiger partial charge < -0.3 is 5.32 Å². The average Bonchev–Trinajstić information content (AvgIpc) is 3.22. The van der Waals surface area contributed by atoms with Crippen molar-refractivity contribution >= 4 is 11.6 Å². The molecule has 1 aliphatic carbocycles. The lowest BCUT2D eigenvalue weighted by Crippen LogP contribution is -2.19. The third-order valence-electron chi connectivity index (χ3n) is 3.47. The van der Waals surface area contributed by atoms with Crippen molar-refractivity contribution in [2.24, 2.45) is 5.92 Å². The fraction of sp³-hybridized carbons (Fsp3) is 0.286. The predicted molar refractivity (Wildman–Crippen MR) is 69.1 cm³/mol. The zero-order valence-corrected chi connectivity index (χ0v) is 11.5. The van der Waals surface area contributed by atoms with Crippen LogP contribution in [0.2, 0.25) is 0 Å². The Hall–Kier alpha value is -2.45. The minimum absolute atomic E-state index is 0.0968. The Kier molecular flexibility index (Phi) is 3.78. The first-order valence-corrected chi connectivity index (χ1v) is 6.73. The number of carbonyl (C=O) groups is 1. The topological polar surface area (TPSA) is 46.9 Å². The quantitative estimate of drug-likeness (QED) is 0.531. The summed E-state index contributed by atoms with van der Waals surface area (Å²) >= 11 is 0. The maximum atomic E-state index is 13.5. The average molecular weight is 331 g/mol. The molecule has 2 aromatic rings. The number of halogens is 5. The van der Waals surface area contributed by atoms with Crippen LogP contribution in [0, 0.1) is 35.0 Å². The van der Waals surface area contributed by atoms with E-state index < -0.39 is 40.6 Å². The third kappa shape index (κ3) is 2.90. The Balaban J connectivity index is 1.84. The molecule has 4 nitrogen and oxygen atoms in total. The monoisotopic (exact) mass is 331 g/mol. The highest BCUT2D eigenvalue weighted by molar-refractivity contribution is 6.04. The first kappa shape index (κ1) is 15.4. The molecule has 1 aromatic carbocycles. The maximum absolute atomic E-state index is 13.5. The summed E-state index contributed by atoms with van der Waals surface area (Å²) in [4.78, 5) is 11.8. The summed E-state index contributed by atoms with van der Waals surface area (Å²) in [6.45, 7) is 0.637. The van der Waals surface area contributed by atoms with Gasteiger partial charge in [0.25, 0.3) is 5.91 Å². The standard InChI is InChI=1S/C14H10F5N3O/c15-9-8(10(16)12(18)13(19)11(9)17)14(23)21-7-3-20-22(5-7)4-6-1-2-6/h3,5-6H,1-2,4H2,(H,21,23). The van der Waals surface area contributed by atoms with Gasteiger partial charge in [-0.25, -0.2) is 22.0 Å². The van der Waals surface area contributed by atoms with Crippen LogP contribution in [-0.2, 0) is 6.54 Å². The van der Waals surface area contributed by atoms with Gasteiger partial charge >= 0.3 is 0 Å². The lowest BCUT2D eigenvalue weighted by atomic mass is 10.1. The van der Waals surface area contributed by atoms with E-state index in [9.17, 15) is 26.7 Å². The van der Waals surface area contributed by atoms with E-state index in [1.165, 1.54) is 17.1 Å². The van der Waals surface area contributed by atoms with Crippen LogP contribution in [-0.4, -0.2) is 15.7 Å². The Morgan fingerprint density at radius 1 is 1.09 bits per heavy atom. The molecule has 3 rings (SSSR count). The molecule has 23 heavy (non-hydrogen) atoms. The lowest BCUT2D eigenvalue weighted by molar-refractivity contribution is 0.101. The summed E-state index contributed by atoms with van der Waals surface area (Å²) in [5.74, 6) is -11.9. The number of hydrogen-bond donors (Lipinski definition) is 1. The van der Waals surface area contributed by atoms with E-state index >= 15 is 0 Å². The van der Waals surface area contributed by atoms with E-state index in [0.717, 1.165) is 12.8 Å². The smallest absolute Gasteiger partial charge is 0.261 e. The van der Waals surface area contributed by atoms with Gasteiger partial charge in [0.2, 0.25) is 5.82 Å². The Bertz CT molecular complexity index is 756. The number of nitrogens with zero attached hydrogens (tertiary/aromatic N) is 2. The highest BCUT2D eigenvalue weighted by Gasteiger charge is 2.30. The highest BCUT2D eigenvalue weighted by Crippen LogP contribution is 2.30. The number of carbonyl (C=O) groups excluding carboxylic acids is 1. The van der Waals surface area contributed by atoms with Crippen molar-refractivity contribution < 1.29 is 26.7 Å². The summed E-state index contributed by atoms with van der Waals surface area (Å²) in [6, 6.07) is 0. The number of anilines is 1. The van der Waals surface area contributed by atoms with Crippen LogP contribution in [0.25, 0.3) is 0 Å². The Morgan fingerprint density at radius 3 is 2.22 bits per heavy atom. The van der Waals surface area contributed by atoms with Crippen molar-refractivity contribution in [1.29, 1.82) is 0 Å². The minimum atomic E-state index is -2.31. The summed E-state index contributed by atoms with van der Waals surface area (Å²) < 4.78 is 67.8. The van der Waals surface area contributed by atoms with E-state index in [4.69, 9.17) is 0 Å². The SMILES string of the molecule is O=C(Nc1cnn(CC2CC2)c1)c1c(F)c(F)c(F)c(F)c1F. The second-order valence-electron chi connectivity index (χ2n) is 5.29. The summed E-state index contributed by atoms with van der Waals surface area (Å²) in [5, 5.41) is 6.01. The van der Waals surface area contributed by atoms with E-state index in [0.29, 0.717) is 12.5 Å². The van der Waals surface area contributed by atoms with Crippen LogP contribution in [0.3, 0.4) is 0 Å². The number of amides is 1. The molecule has 0 radical (unpaired) electrons. The molecular formula is C14H10F5N3O. The fourth-order valence-corrected chi connectivity index (χ4v) is 2.09. The van der Waals surface area contributed by atoms with E-state index in [1.807, 2.05) is 0 Å². The number of benzene rings is 1. The lowest BCUT2D eigenvalue weighted by Gasteiger charge is -2.07. The zero-order chi connectivity index (χ0) is 16.7. The molecule has 9 heteroatoms. The van der Waals surface area contributed by atoms with Crippen LogP contribution in [0.15, 0.2) is 12.4 Å². The summed E-state index contributed by atoms with van der Waals surface area (Å²) in [6.07, 6.45) is 4.80. The molecule has 0 saturated heterocycles. The number of rotatable bonds is 4. The molecular weight excluding hydrogens is 321 g/mol. The van der Waals surface area contributed by atoms with Crippen LogP contribution in [0.4, 0.5) is 27.6 Å². The fourth-order valence-electron chi connectivity index (χ4n) is 2.09. The number of hydrogen-bond acceptors (Lipinski definition) is 2. The molecule has 0 aliphatic heterocycles. The predicted octanol–water partition coefficient (Wildman–Crippen LogP) is 3.24. The maximum Gasteiger partial charge on any atom is 0.261 e. The largest absolute Gasteiger partial charge is 0.319 e. The van der Waals surface area contributed by atoms with Crippen molar-refractivity contribution in [2.75, 3.05) is 5.32 Å². The van der Waals surface area contributed by atoms with Crippen LogP contribution in [0.1, 0.15) is 23.2 Å². The second-order valence-corrected chi connectivity index (χ2v) is 5.29. The first-order valence-electron chi connectivity index (χ1n) is 6.73. The second kappa shape index (κ2) is 5.64. The third-order valence-corrected chi connectivity index (χ3v) is 3.47. The van der Waals surface area contributed by atoms with Crippen LogP contribution >= 0.6 is 0 Å². The van der Waals surface area contributed by atoms with Gasteiger partial charge in [-0.3, -0.25) is 9.48 Å². The molecule has 122 valence electrons. The Morgan fingerprint density at radius 2 is 1.65 bits per heavy atom. The van der Waals surface area contributed by atoms with Crippen molar-refractivity contribution in [3.05, 3.63) is 47.0 Å². The van der Waals surface area contributed by atoms with Gasteiger partial charge in [0.15, 0.2) is 23.3 Å². The molecule has 1 aromatic heterocycles. The molecule has 0 spiro atoms. The molecule has 1 N–H and O–H groups in total. The molecule has 0 unspecified atom stereocenters. The molecule has 1 heterocycles. The van der Waals surface area contributed by atoms with Crippen molar-refractivity contribution in [1.82, 2.24) is 9.78 Å². The molecule has 0 bridgehead atoms. The van der Waals surface area contributed by atoms with E-state index in [1.54, 1.807) is 0 Å². The molecule has 1 saturated carbocycles. The van der Waals surface area contributed by atoms with Gasteiger partial charge in [0, 0.05) is 12.7 Å². The molecule has 1 amide bonds. The van der Waals surface area contributed by atoms with Crippen LogP contribution < -0.4 is 5.32 Å². The number of aromatic nitrogens is 2. The van der Waals surface area contributed by atoms with Gasteiger partial charge in [-0.05, 0) is 18.8 Å². The zero-order valence-electron chi connectivity index (χ0n) is 11.5. The first-order chi connectivity index (χ1) is 10.9. The number of nitrogens with one attached hydrogen (secondary N) is 1. The van der Waals surface area contributed by atoms with Gasteiger partial charge in [0.1, 0.15) is 5.56 Å². The molecule has 1 aliphatic rings. The Labute approximate surface area is 126 Å². The summed E-state index contributed by atoms with van der Waals surface area (Å²) in [5.41, 5.74) is -1.43. The van der Waals surface area contributed by atoms with Gasteiger partial charge in [0.05, 0.1) is 11.9 Å². The van der Waals surface area contributed by atoms with E-state index in [2.05, 4.69) is 10.4 Å². The summed E-state index contributed by atoms with van der Waals surface area (Å²) in [7, 11) is 0. The molecule has 1 fully saturated rings. The van der Waals surface area contributed by atoms with Crippen molar-refractivity contribution in [3.63, 3.8) is 0 Å². The van der Waals surface area contributed by atoms with Gasteiger partial charge in [-0.15, -0.1) is 0 Å². The van der Waals surface area contributed by atoms with Gasteiger partial charge in [-0.1, -0.05) is 0 Å². The van der Waals surface area contributed by atoms with Crippen molar-refractivity contribution in [3.8, 4) is 0 Å². The molecule has 0 atom stereocenters. The normalized spacial score (nSPS) is 14.1. The van der Waals surface area contributed by atoms with E-state index in [-0.39, 0.29) is 5.69 Å². The minimum Gasteiger partial charge on any atom is -0.319 e. The highest BCUT2D eigenvalue weighted by atomic mass is 19.2. The van der Waals surface area contributed by atoms with Crippen LogP contribution in [0.5, 0.6) is 0 Å². The van der Waals surface area contributed by atoms with Gasteiger partial charge in [-0.2, -0.15) is 5.10 Å². The van der Waals surface area contributed by atoms with Crippen molar-refractivity contribution in [2.45, 2.75) is 19.4 Å².